The number of nitriles is 1. The molecule has 3 nitrogen and oxygen atoms in total. The number of hydrogen-bond donors (Lipinski definition) is 0. The fourth-order valence-electron chi connectivity index (χ4n) is 2.15. The van der Waals surface area contributed by atoms with Gasteiger partial charge in [0, 0.05) is 28.9 Å². The number of hydrogen-bond acceptors (Lipinski definition) is 3. The number of pyridine rings is 1. The summed E-state index contributed by atoms with van der Waals surface area (Å²) in [5.74, 6) is -0.0845. The van der Waals surface area contributed by atoms with Gasteiger partial charge in [0.25, 0.3) is 0 Å². The Labute approximate surface area is 116 Å². The SMILES string of the molecule is N#Cc1ccc(C(=O)c2cncc3ccccc23)cc1. The van der Waals surface area contributed by atoms with Gasteiger partial charge in [-0.1, -0.05) is 24.3 Å². The first-order valence-electron chi connectivity index (χ1n) is 6.17. The molecule has 3 heteroatoms. The summed E-state index contributed by atoms with van der Waals surface area (Å²) < 4.78 is 0. The maximum absolute atomic E-state index is 12.5. The van der Waals surface area contributed by atoms with E-state index < -0.39 is 0 Å². The minimum absolute atomic E-state index is 0.0845. The second-order valence-electron chi connectivity index (χ2n) is 4.43. The molecule has 0 aliphatic carbocycles. The van der Waals surface area contributed by atoms with Crippen molar-refractivity contribution in [3.05, 3.63) is 77.6 Å². The van der Waals surface area contributed by atoms with E-state index in [1.165, 1.54) is 0 Å². The van der Waals surface area contributed by atoms with E-state index >= 15 is 0 Å². The third-order valence-corrected chi connectivity index (χ3v) is 3.19. The largest absolute Gasteiger partial charge is 0.289 e. The van der Waals surface area contributed by atoms with E-state index in [0.717, 1.165) is 10.8 Å². The molecule has 0 spiro atoms. The van der Waals surface area contributed by atoms with Gasteiger partial charge in [-0.05, 0) is 29.7 Å². The molecule has 0 saturated heterocycles. The predicted molar refractivity (Wildman–Crippen MR) is 76.3 cm³/mol. The second kappa shape index (κ2) is 4.94. The van der Waals surface area contributed by atoms with E-state index in [1.54, 1.807) is 36.7 Å². The van der Waals surface area contributed by atoms with Crippen molar-refractivity contribution in [1.82, 2.24) is 4.98 Å². The molecule has 0 amide bonds. The summed E-state index contributed by atoms with van der Waals surface area (Å²) in [6.45, 7) is 0. The van der Waals surface area contributed by atoms with Gasteiger partial charge in [0.1, 0.15) is 0 Å². The highest BCUT2D eigenvalue weighted by Crippen LogP contribution is 2.20. The highest BCUT2D eigenvalue weighted by molar-refractivity contribution is 6.16. The number of aromatic nitrogens is 1. The lowest BCUT2D eigenvalue weighted by atomic mass is 9.99. The van der Waals surface area contributed by atoms with Gasteiger partial charge in [-0.15, -0.1) is 0 Å². The molecular formula is C17H10N2O. The topological polar surface area (TPSA) is 53.8 Å². The number of carbonyl (C=O) groups is 1. The van der Waals surface area contributed by atoms with E-state index in [4.69, 9.17) is 5.26 Å². The average Bonchev–Trinajstić information content (AvgIpc) is 2.54. The van der Waals surface area contributed by atoms with Crippen molar-refractivity contribution in [1.29, 1.82) is 5.26 Å². The molecule has 1 aromatic heterocycles. The van der Waals surface area contributed by atoms with Crippen LogP contribution in [0.15, 0.2) is 60.9 Å². The van der Waals surface area contributed by atoms with Crippen molar-refractivity contribution in [3.8, 4) is 6.07 Å². The molecule has 3 aromatic rings. The molecule has 0 N–H and O–H groups in total. The fraction of sp³-hybridized carbons (Fsp3) is 0. The number of rotatable bonds is 2. The van der Waals surface area contributed by atoms with Crippen LogP contribution >= 0.6 is 0 Å². The molecule has 0 radical (unpaired) electrons. The third kappa shape index (κ3) is 2.04. The summed E-state index contributed by atoms with van der Waals surface area (Å²) >= 11 is 0. The zero-order valence-corrected chi connectivity index (χ0v) is 10.6. The van der Waals surface area contributed by atoms with Crippen LogP contribution in [0.1, 0.15) is 21.5 Å². The summed E-state index contributed by atoms with van der Waals surface area (Å²) in [5, 5.41) is 10.6. The molecule has 0 atom stereocenters. The molecule has 0 unspecified atom stereocenters. The summed E-state index contributed by atoms with van der Waals surface area (Å²) in [7, 11) is 0. The van der Waals surface area contributed by atoms with Crippen molar-refractivity contribution in [2.24, 2.45) is 0 Å². The quantitative estimate of drug-likeness (QED) is 0.662. The van der Waals surface area contributed by atoms with Gasteiger partial charge in [0.2, 0.25) is 0 Å². The zero-order chi connectivity index (χ0) is 13.9. The molecule has 20 heavy (non-hydrogen) atoms. The van der Waals surface area contributed by atoms with Crippen LogP contribution < -0.4 is 0 Å². The second-order valence-corrected chi connectivity index (χ2v) is 4.43. The fourth-order valence-corrected chi connectivity index (χ4v) is 2.15. The van der Waals surface area contributed by atoms with Gasteiger partial charge in [-0.2, -0.15) is 5.26 Å². The van der Waals surface area contributed by atoms with E-state index in [1.807, 2.05) is 30.3 Å². The van der Waals surface area contributed by atoms with E-state index in [-0.39, 0.29) is 5.78 Å². The highest BCUT2D eigenvalue weighted by atomic mass is 16.1. The number of nitrogens with zero attached hydrogens (tertiary/aromatic N) is 2. The highest BCUT2D eigenvalue weighted by Gasteiger charge is 2.12. The van der Waals surface area contributed by atoms with Crippen LogP contribution in [0.5, 0.6) is 0 Å². The van der Waals surface area contributed by atoms with Gasteiger partial charge >= 0.3 is 0 Å². The normalized spacial score (nSPS) is 10.2. The van der Waals surface area contributed by atoms with Crippen LogP contribution in [-0.4, -0.2) is 10.8 Å². The van der Waals surface area contributed by atoms with Crippen LogP contribution in [0, 0.1) is 11.3 Å². The first-order chi connectivity index (χ1) is 9.79. The first kappa shape index (κ1) is 12.1. The smallest absolute Gasteiger partial charge is 0.195 e. The van der Waals surface area contributed by atoms with Crippen molar-refractivity contribution in [2.45, 2.75) is 0 Å². The van der Waals surface area contributed by atoms with E-state index in [0.29, 0.717) is 16.7 Å². The Balaban J connectivity index is 2.10. The van der Waals surface area contributed by atoms with Crippen molar-refractivity contribution in [2.75, 3.05) is 0 Å². The van der Waals surface area contributed by atoms with Crippen LogP contribution in [0.25, 0.3) is 10.8 Å². The average molecular weight is 258 g/mol. The van der Waals surface area contributed by atoms with Gasteiger partial charge in [-0.3, -0.25) is 9.78 Å². The summed E-state index contributed by atoms with van der Waals surface area (Å²) in [6, 6.07) is 16.3. The summed E-state index contributed by atoms with van der Waals surface area (Å²) in [6.07, 6.45) is 3.33. The van der Waals surface area contributed by atoms with Gasteiger partial charge in [0.05, 0.1) is 11.6 Å². The lowest BCUT2D eigenvalue weighted by molar-refractivity contribution is 0.104. The van der Waals surface area contributed by atoms with Crippen LogP contribution in [0.4, 0.5) is 0 Å². The Hall–Kier alpha value is -2.99. The predicted octanol–water partition coefficient (Wildman–Crippen LogP) is 3.34. The van der Waals surface area contributed by atoms with Gasteiger partial charge in [0.15, 0.2) is 5.78 Å². The van der Waals surface area contributed by atoms with E-state index in [9.17, 15) is 4.79 Å². The Kier molecular flexibility index (Phi) is 2.98. The minimum Gasteiger partial charge on any atom is -0.289 e. The molecule has 2 aromatic carbocycles. The Morgan fingerprint density at radius 2 is 1.75 bits per heavy atom. The van der Waals surface area contributed by atoms with Gasteiger partial charge in [-0.25, -0.2) is 0 Å². The zero-order valence-electron chi connectivity index (χ0n) is 10.6. The molecule has 0 aliphatic heterocycles. The van der Waals surface area contributed by atoms with Crippen LogP contribution in [0.3, 0.4) is 0 Å². The maximum atomic E-state index is 12.5. The monoisotopic (exact) mass is 258 g/mol. The summed E-state index contributed by atoms with van der Waals surface area (Å²) in [4.78, 5) is 16.7. The van der Waals surface area contributed by atoms with Crippen molar-refractivity contribution < 1.29 is 4.79 Å². The molecule has 0 bridgehead atoms. The molecule has 3 rings (SSSR count). The number of fused-ring (bicyclic) bond motifs is 1. The lowest BCUT2D eigenvalue weighted by Crippen LogP contribution is -2.02. The Morgan fingerprint density at radius 3 is 2.50 bits per heavy atom. The van der Waals surface area contributed by atoms with Crippen molar-refractivity contribution in [3.63, 3.8) is 0 Å². The number of ketones is 1. The molecule has 1 heterocycles. The van der Waals surface area contributed by atoms with Crippen molar-refractivity contribution >= 4 is 16.6 Å². The standard InChI is InChI=1S/C17H10N2O/c18-9-12-5-7-13(8-6-12)17(20)16-11-19-10-14-3-1-2-4-15(14)16/h1-8,10-11H. The summed E-state index contributed by atoms with van der Waals surface area (Å²) in [5.41, 5.74) is 1.67. The van der Waals surface area contributed by atoms with Gasteiger partial charge < -0.3 is 0 Å². The van der Waals surface area contributed by atoms with E-state index in [2.05, 4.69) is 4.98 Å². The number of benzene rings is 2. The number of carbonyl (C=O) groups excluding carboxylic acids is 1. The lowest BCUT2D eigenvalue weighted by Gasteiger charge is -2.05. The Morgan fingerprint density at radius 1 is 1.00 bits per heavy atom. The van der Waals surface area contributed by atoms with Crippen LogP contribution in [0.2, 0.25) is 0 Å². The molecular weight excluding hydrogens is 248 g/mol. The third-order valence-electron chi connectivity index (χ3n) is 3.19. The minimum atomic E-state index is -0.0845. The maximum Gasteiger partial charge on any atom is 0.195 e. The molecule has 0 aliphatic rings. The first-order valence-corrected chi connectivity index (χ1v) is 6.17. The van der Waals surface area contributed by atoms with Crippen LogP contribution in [-0.2, 0) is 0 Å². The molecule has 0 fully saturated rings. The Bertz CT molecular complexity index is 824. The molecule has 94 valence electrons. The molecule has 0 saturated carbocycles.